The molecule has 0 bridgehead atoms. The minimum absolute atomic E-state index is 0.391. The fraction of sp³-hybridized carbons (Fsp3) is 0.857. The third-order valence-corrected chi connectivity index (χ3v) is 3.22. The van der Waals surface area contributed by atoms with Gasteiger partial charge in [0.05, 0.1) is 0 Å². The van der Waals surface area contributed by atoms with E-state index in [-0.39, 0.29) is 0 Å². The lowest BCUT2D eigenvalue weighted by Gasteiger charge is -2.35. The first-order valence-electron chi connectivity index (χ1n) is 6.25. The molecule has 0 amide bonds. The molecule has 0 aromatic heterocycles. The molecule has 0 radical (unpaired) electrons. The van der Waals surface area contributed by atoms with Crippen molar-refractivity contribution in [1.29, 1.82) is 0 Å². The lowest BCUT2D eigenvalue weighted by molar-refractivity contribution is 0.181. The third-order valence-electron chi connectivity index (χ3n) is 3.22. The Labute approximate surface area is 96.3 Å². The minimum atomic E-state index is 0.391. The van der Waals surface area contributed by atoms with Gasteiger partial charge in [0.15, 0.2) is 0 Å². The van der Waals surface area contributed by atoms with Gasteiger partial charge in [0.25, 0.3) is 0 Å². The van der Waals surface area contributed by atoms with Crippen molar-refractivity contribution in [3.63, 3.8) is 0 Å². The Kier molecular flexibility index (Phi) is 6.91. The largest absolute Gasteiger partial charge is 0.317 e. The molecule has 0 aromatic carbocycles. The van der Waals surface area contributed by atoms with Gasteiger partial charge < -0.3 is 5.32 Å². The van der Waals surface area contributed by atoms with Gasteiger partial charge in [-0.1, -0.05) is 39.8 Å². The Bertz CT molecular complexity index is 176. The number of rotatable bonds is 6. The summed E-state index contributed by atoms with van der Waals surface area (Å²) < 4.78 is 0. The Morgan fingerprint density at radius 1 is 1.20 bits per heavy atom. The van der Waals surface area contributed by atoms with E-state index in [1.165, 1.54) is 12.8 Å². The molecule has 0 saturated heterocycles. The van der Waals surface area contributed by atoms with Crippen LogP contribution in [0.25, 0.3) is 0 Å². The zero-order valence-electron chi connectivity index (χ0n) is 11.4. The first-order valence-corrected chi connectivity index (χ1v) is 6.25. The number of hydrogen-bond donors (Lipinski definition) is 1. The van der Waals surface area contributed by atoms with Gasteiger partial charge in [0.2, 0.25) is 0 Å². The molecule has 0 rings (SSSR count). The van der Waals surface area contributed by atoms with Gasteiger partial charge in [-0.25, -0.2) is 0 Å². The van der Waals surface area contributed by atoms with Crippen LogP contribution in [0.5, 0.6) is 0 Å². The maximum atomic E-state index is 3.39. The molecule has 1 N–H and O–H groups in total. The van der Waals surface area contributed by atoms with E-state index in [0.29, 0.717) is 11.5 Å². The van der Waals surface area contributed by atoms with Crippen molar-refractivity contribution in [2.24, 2.45) is 11.3 Å². The summed E-state index contributed by atoms with van der Waals surface area (Å²) in [7, 11) is 2.06. The Morgan fingerprint density at radius 3 is 2.20 bits per heavy atom. The molecular weight excluding hydrogens is 182 g/mol. The third kappa shape index (κ3) is 5.99. The van der Waals surface area contributed by atoms with E-state index in [9.17, 15) is 0 Å². The second-order valence-corrected chi connectivity index (χ2v) is 5.51. The Morgan fingerprint density at radius 2 is 1.80 bits per heavy atom. The number of nitrogens with one attached hydrogen (secondary N) is 1. The smallest absolute Gasteiger partial charge is 0.00691 e. The van der Waals surface area contributed by atoms with Crippen LogP contribution in [-0.2, 0) is 0 Å². The van der Waals surface area contributed by atoms with E-state index in [2.05, 4.69) is 59.1 Å². The molecule has 0 saturated carbocycles. The zero-order chi connectivity index (χ0) is 11.9. The molecule has 0 spiro atoms. The first kappa shape index (κ1) is 14.7. The van der Waals surface area contributed by atoms with Crippen molar-refractivity contribution in [1.82, 2.24) is 5.32 Å². The van der Waals surface area contributed by atoms with Crippen LogP contribution in [0.4, 0.5) is 0 Å². The predicted octanol–water partition coefficient (Wildman–Crippen LogP) is 4.00. The summed E-state index contributed by atoms with van der Waals surface area (Å²) in [4.78, 5) is 0. The van der Waals surface area contributed by atoms with Gasteiger partial charge >= 0.3 is 0 Å². The number of allylic oxidation sites excluding steroid dienone is 2. The van der Waals surface area contributed by atoms with E-state index in [1.807, 2.05) is 0 Å². The van der Waals surface area contributed by atoms with Gasteiger partial charge in [-0.15, -0.1) is 0 Å². The summed E-state index contributed by atoms with van der Waals surface area (Å²) in [5.41, 5.74) is 0.391. The molecule has 0 aliphatic rings. The van der Waals surface area contributed by atoms with Crippen LogP contribution in [0.1, 0.15) is 53.9 Å². The van der Waals surface area contributed by atoms with Crippen LogP contribution in [0.2, 0.25) is 0 Å². The molecular formula is C14H29N. The van der Waals surface area contributed by atoms with Crippen molar-refractivity contribution in [2.45, 2.75) is 59.9 Å². The van der Waals surface area contributed by atoms with Gasteiger partial charge in [-0.05, 0) is 44.6 Å². The molecule has 2 unspecified atom stereocenters. The molecule has 90 valence electrons. The highest BCUT2D eigenvalue weighted by Crippen LogP contribution is 2.32. The normalized spacial score (nSPS) is 16.9. The van der Waals surface area contributed by atoms with Crippen LogP contribution in [0.3, 0.4) is 0 Å². The van der Waals surface area contributed by atoms with Crippen molar-refractivity contribution in [3.05, 3.63) is 12.2 Å². The summed E-state index contributed by atoms with van der Waals surface area (Å²) in [6.07, 6.45) is 8.23. The van der Waals surface area contributed by atoms with Crippen molar-refractivity contribution < 1.29 is 0 Å². The van der Waals surface area contributed by atoms with Gasteiger partial charge in [0, 0.05) is 6.04 Å². The van der Waals surface area contributed by atoms with E-state index < -0.39 is 0 Å². The molecule has 2 atom stereocenters. The second-order valence-electron chi connectivity index (χ2n) is 5.51. The molecule has 0 fully saturated rings. The quantitative estimate of drug-likeness (QED) is 0.655. The highest BCUT2D eigenvalue weighted by atomic mass is 14.9. The van der Waals surface area contributed by atoms with E-state index in [0.717, 1.165) is 12.3 Å². The lowest BCUT2D eigenvalue weighted by atomic mass is 9.74. The van der Waals surface area contributed by atoms with E-state index in [4.69, 9.17) is 0 Å². The number of hydrogen-bond acceptors (Lipinski definition) is 1. The minimum Gasteiger partial charge on any atom is -0.317 e. The molecule has 0 aliphatic heterocycles. The zero-order valence-corrected chi connectivity index (χ0v) is 11.4. The highest BCUT2D eigenvalue weighted by molar-refractivity contribution is 4.86. The molecule has 0 aromatic rings. The van der Waals surface area contributed by atoms with Crippen molar-refractivity contribution in [3.8, 4) is 0 Å². The molecule has 15 heavy (non-hydrogen) atoms. The van der Waals surface area contributed by atoms with E-state index >= 15 is 0 Å². The second kappa shape index (κ2) is 7.05. The Balaban J connectivity index is 4.21. The lowest BCUT2D eigenvalue weighted by Crippen LogP contribution is -2.38. The van der Waals surface area contributed by atoms with E-state index in [1.54, 1.807) is 0 Å². The fourth-order valence-corrected chi connectivity index (χ4v) is 2.19. The highest BCUT2D eigenvalue weighted by Gasteiger charge is 2.27. The predicted molar refractivity (Wildman–Crippen MR) is 70.1 cm³/mol. The summed E-state index contributed by atoms with van der Waals surface area (Å²) in [5.74, 6) is 0.740. The molecule has 1 heteroatoms. The van der Waals surface area contributed by atoms with Crippen LogP contribution >= 0.6 is 0 Å². The van der Waals surface area contributed by atoms with Crippen LogP contribution in [-0.4, -0.2) is 13.1 Å². The average Bonchev–Trinajstić information content (AvgIpc) is 2.15. The fourth-order valence-electron chi connectivity index (χ4n) is 2.19. The average molecular weight is 211 g/mol. The molecule has 0 heterocycles. The van der Waals surface area contributed by atoms with Gasteiger partial charge in [-0.3, -0.25) is 0 Å². The summed E-state index contributed by atoms with van der Waals surface area (Å²) >= 11 is 0. The summed E-state index contributed by atoms with van der Waals surface area (Å²) in [6, 6.07) is 0.597. The first-order chi connectivity index (χ1) is 6.93. The van der Waals surface area contributed by atoms with Crippen LogP contribution in [0, 0.1) is 11.3 Å². The SMILES string of the molecule is CC/C=C\CCC(C(C)NC)C(C)(C)C. The standard InChI is InChI=1S/C14H29N/c1-7-8-9-10-11-13(12(2)15-6)14(3,4)5/h8-9,12-13,15H,7,10-11H2,1-6H3/b9-8-. The maximum absolute atomic E-state index is 3.39. The van der Waals surface area contributed by atoms with Crippen molar-refractivity contribution in [2.75, 3.05) is 7.05 Å². The molecule has 0 aliphatic carbocycles. The summed E-state index contributed by atoms with van der Waals surface area (Å²) in [5, 5.41) is 3.39. The molecule has 1 nitrogen and oxygen atoms in total. The van der Waals surface area contributed by atoms with Crippen molar-refractivity contribution >= 4 is 0 Å². The Hall–Kier alpha value is -0.300. The topological polar surface area (TPSA) is 12.0 Å². The van der Waals surface area contributed by atoms with Gasteiger partial charge in [0.1, 0.15) is 0 Å². The maximum Gasteiger partial charge on any atom is 0.00691 e. The van der Waals surface area contributed by atoms with Crippen LogP contribution in [0.15, 0.2) is 12.2 Å². The van der Waals surface area contributed by atoms with Crippen LogP contribution < -0.4 is 5.32 Å². The van der Waals surface area contributed by atoms with Gasteiger partial charge in [-0.2, -0.15) is 0 Å². The summed E-state index contributed by atoms with van der Waals surface area (Å²) in [6.45, 7) is 11.5. The monoisotopic (exact) mass is 211 g/mol.